The number of hydrogen-bond donors (Lipinski definition) is 2. The third-order valence-corrected chi connectivity index (χ3v) is 3.92. The van der Waals surface area contributed by atoms with Crippen LogP contribution < -0.4 is 5.73 Å². The number of rotatable bonds is 2. The minimum Gasteiger partial charge on any atom is -0.399 e. The van der Waals surface area contributed by atoms with Gasteiger partial charge in [-0.3, -0.25) is 0 Å². The summed E-state index contributed by atoms with van der Waals surface area (Å²) in [6.45, 7) is 0.993. The zero-order valence-corrected chi connectivity index (χ0v) is 10.4. The molecule has 0 radical (unpaired) electrons. The molecule has 1 aliphatic carbocycles. The van der Waals surface area contributed by atoms with Crippen LogP contribution in [0.15, 0.2) is 24.5 Å². The summed E-state index contributed by atoms with van der Waals surface area (Å²) in [5.74, 6) is 0.656. The van der Waals surface area contributed by atoms with Gasteiger partial charge in [-0.25, -0.2) is 4.98 Å². The second kappa shape index (κ2) is 4.61. The van der Waals surface area contributed by atoms with Gasteiger partial charge in [-0.2, -0.15) is 0 Å². The van der Waals surface area contributed by atoms with Gasteiger partial charge >= 0.3 is 0 Å². The molecule has 0 spiro atoms. The van der Waals surface area contributed by atoms with Gasteiger partial charge in [0.1, 0.15) is 0 Å². The first kappa shape index (κ1) is 11.5. The number of nitrogens with two attached hydrogens (primary N) is 1. The van der Waals surface area contributed by atoms with Crippen molar-refractivity contribution in [1.29, 1.82) is 0 Å². The first-order chi connectivity index (χ1) is 8.72. The lowest BCUT2D eigenvalue weighted by atomic mass is 9.87. The van der Waals surface area contributed by atoms with Gasteiger partial charge in [0.15, 0.2) is 0 Å². The van der Waals surface area contributed by atoms with Crippen LogP contribution in [0, 0.1) is 5.92 Å². The number of nitrogen functional groups attached to an aromatic ring is 1. The lowest BCUT2D eigenvalue weighted by Crippen LogP contribution is -2.21. The second-order valence-corrected chi connectivity index (χ2v) is 5.32. The molecule has 18 heavy (non-hydrogen) atoms. The molecule has 0 amide bonds. The highest BCUT2D eigenvalue weighted by molar-refractivity contribution is 5.78. The number of aliphatic hydroxyl groups is 1. The maximum Gasteiger partial charge on any atom is 0.0958 e. The van der Waals surface area contributed by atoms with Gasteiger partial charge in [-0.1, -0.05) is 0 Å². The first-order valence-electron chi connectivity index (χ1n) is 6.61. The van der Waals surface area contributed by atoms with Crippen molar-refractivity contribution in [3.63, 3.8) is 0 Å². The summed E-state index contributed by atoms with van der Waals surface area (Å²) in [6, 6.07) is 5.87. The van der Waals surface area contributed by atoms with E-state index in [1.807, 2.05) is 24.5 Å². The highest BCUT2D eigenvalue weighted by Gasteiger charge is 2.20. The van der Waals surface area contributed by atoms with Crippen molar-refractivity contribution in [2.45, 2.75) is 38.3 Å². The van der Waals surface area contributed by atoms with Crippen LogP contribution in [0.4, 0.5) is 5.69 Å². The Labute approximate surface area is 106 Å². The standard InChI is InChI=1S/C14H19N3O/c15-11-3-6-14-13(7-11)16-9-17(14)8-10-1-4-12(18)5-2-10/h3,6-7,9-10,12,18H,1-2,4-5,8,15H2. The minimum atomic E-state index is -0.0828. The normalized spacial score (nSPS) is 24.5. The summed E-state index contributed by atoms with van der Waals surface area (Å²) < 4.78 is 2.21. The van der Waals surface area contributed by atoms with E-state index in [9.17, 15) is 5.11 Å². The molecule has 1 fully saturated rings. The van der Waals surface area contributed by atoms with E-state index in [1.165, 1.54) is 0 Å². The summed E-state index contributed by atoms with van der Waals surface area (Å²) in [5.41, 5.74) is 8.63. The number of aliphatic hydroxyl groups excluding tert-OH is 1. The van der Waals surface area contributed by atoms with Gasteiger partial charge in [0.05, 0.1) is 23.5 Å². The predicted octanol–water partition coefficient (Wildman–Crippen LogP) is 2.17. The Morgan fingerprint density at radius 2 is 2.06 bits per heavy atom. The molecule has 1 saturated carbocycles. The molecular weight excluding hydrogens is 226 g/mol. The lowest BCUT2D eigenvalue weighted by Gasteiger charge is -2.25. The Kier molecular flexibility index (Phi) is 2.96. The zero-order valence-electron chi connectivity index (χ0n) is 10.4. The molecule has 4 nitrogen and oxygen atoms in total. The average molecular weight is 245 g/mol. The number of aromatic nitrogens is 2. The molecule has 1 heterocycles. The van der Waals surface area contributed by atoms with Gasteiger partial charge < -0.3 is 15.4 Å². The third-order valence-electron chi connectivity index (χ3n) is 3.92. The van der Waals surface area contributed by atoms with Gasteiger partial charge in [0, 0.05) is 12.2 Å². The Balaban J connectivity index is 1.78. The van der Waals surface area contributed by atoms with E-state index in [0.29, 0.717) is 5.92 Å². The van der Waals surface area contributed by atoms with Crippen LogP contribution in [0.25, 0.3) is 11.0 Å². The van der Waals surface area contributed by atoms with Crippen molar-refractivity contribution >= 4 is 16.7 Å². The van der Waals surface area contributed by atoms with Crippen LogP contribution in [0.3, 0.4) is 0 Å². The van der Waals surface area contributed by atoms with Crippen LogP contribution in [-0.2, 0) is 6.54 Å². The molecular formula is C14H19N3O. The van der Waals surface area contributed by atoms with Crippen LogP contribution in [0.2, 0.25) is 0 Å². The molecule has 3 N–H and O–H groups in total. The second-order valence-electron chi connectivity index (χ2n) is 5.32. The lowest BCUT2D eigenvalue weighted by molar-refractivity contribution is 0.104. The maximum absolute atomic E-state index is 9.52. The SMILES string of the molecule is Nc1ccc2c(c1)ncn2CC1CCC(O)CC1. The molecule has 1 aliphatic rings. The molecule has 2 aromatic rings. The molecule has 1 aromatic heterocycles. The Morgan fingerprint density at radius 3 is 2.83 bits per heavy atom. The van der Waals surface area contributed by atoms with Gasteiger partial charge in [-0.15, -0.1) is 0 Å². The van der Waals surface area contributed by atoms with Crippen molar-refractivity contribution in [3.05, 3.63) is 24.5 Å². The van der Waals surface area contributed by atoms with Crippen molar-refractivity contribution in [2.24, 2.45) is 5.92 Å². The molecule has 0 saturated heterocycles. The Bertz CT molecular complexity index is 541. The molecule has 0 atom stereocenters. The maximum atomic E-state index is 9.52. The molecule has 3 rings (SSSR count). The van der Waals surface area contributed by atoms with Crippen LogP contribution in [-0.4, -0.2) is 20.8 Å². The number of fused-ring (bicyclic) bond motifs is 1. The zero-order chi connectivity index (χ0) is 12.5. The number of imidazole rings is 1. The van der Waals surface area contributed by atoms with E-state index < -0.39 is 0 Å². The summed E-state index contributed by atoms with van der Waals surface area (Å²) >= 11 is 0. The molecule has 0 unspecified atom stereocenters. The van der Waals surface area contributed by atoms with E-state index in [-0.39, 0.29) is 6.10 Å². The minimum absolute atomic E-state index is 0.0828. The van der Waals surface area contributed by atoms with Crippen molar-refractivity contribution < 1.29 is 5.11 Å². The summed E-state index contributed by atoms with van der Waals surface area (Å²) in [7, 11) is 0. The smallest absolute Gasteiger partial charge is 0.0958 e. The van der Waals surface area contributed by atoms with E-state index >= 15 is 0 Å². The average Bonchev–Trinajstić information content (AvgIpc) is 2.74. The first-order valence-corrected chi connectivity index (χ1v) is 6.61. The van der Waals surface area contributed by atoms with Crippen LogP contribution in [0.1, 0.15) is 25.7 Å². The summed E-state index contributed by atoms with van der Waals surface area (Å²) in [5, 5.41) is 9.52. The fourth-order valence-electron chi connectivity index (χ4n) is 2.83. The largest absolute Gasteiger partial charge is 0.399 e. The molecule has 96 valence electrons. The van der Waals surface area contributed by atoms with E-state index in [2.05, 4.69) is 9.55 Å². The number of hydrogen-bond acceptors (Lipinski definition) is 3. The predicted molar refractivity (Wildman–Crippen MR) is 72.1 cm³/mol. The quantitative estimate of drug-likeness (QED) is 0.797. The monoisotopic (exact) mass is 245 g/mol. The Hall–Kier alpha value is -1.55. The molecule has 1 aromatic carbocycles. The summed E-state index contributed by atoms with van der Waals surface area (Å²) in [4.78, 5) is 4.39. The fraction of sp³-hybridized carbons (Fsp3) is 0.500. The van der Waals surface area contributed by atoms with Crippen molar-refractivity contribution in [3.8, 4) is 0 Å². The van der Waals surface area contributed by atoms with Crippen LogP contribution >= 0.6 is 0 Å². The number of benzene rings is 1. The summed E-state index contributed by atoms with van der Waals surface area (Å²) in [6.07, 6.45) is 5.90. The van der Waals surface area contributed by atoms with Gasteiger partial charge in [0.2, 0.25) is 0 Å². The number of anilines is 1. The van der Waals surface area contributed by atoms with Crippen molar-refractivity contribution in [2.75, 3.05) is 5.73 Å². The van der Waals surface area contributed by atoms with Gasteiger partial charge in [0.25, 0.3) is 0 Å². The highest BCUT2D eigenvalue weighted by atomic mass is 16.3. The van der Waals surface area contributed by atoms with Crippen LogP contribution in [0.5, 0.6) is 0 Å². The topological polar surface area (TPSA) is 64.1 Å². The van der Waals surface area contributed by atoms with E-state index in [1.54, 1.807) is 0 Å². The molecule has 0 aliphatic heterocycles. The highest BCUT2D eigenvalue weighted by Crippen LogP contribution is 2.27. The van der Waals surface area contributed by atoms with Crippen molar-refractivity contribution in [1.82, 2.24) is 9.55 Å². The van der Waals surface area contributed by atoms with E-state index in [4.69, 9.17) is 5.73 Å². The third kappa shape index (κ3) is 2.20. The van der Waals surface area contributed by atoms with E-state index in [0.717, 1.165) is 48.9 Å². The fourth-order valence-corrected chi connectivity index (χ4v) is 2.83. The number of nitrogens with zero attached hydrogens (tertiary/aromatic N) is 2. The molecule has 0 bridgehead atoms. The molecule has 4 heteroatoms. The Morgan fingerprint density at radius 1 is 1.28 bits per heavy atom. The van der Waals surface area contributed by atoms with Gasteiger partial charge in [-0.05, 0) is 49.8 Å².